The number of benzene rings is 2. The van der Waals surface area contributed by atoms with E-state index < -0.39 is 5.60 Å². The van der Waals surface area contributed by atoms with E-state index in [1.165, 1.54) is 0 Å². The van der Waals surface area contributed by atoms with E-state index in [1.54, 1.807) is 4.90 Å². The van der Waals surface area contributed by atoms with E-state index >= 15 is 0 Å². The second-order valence-corrected chi connectivity index (χ2v) is 8.32. The molecule has 6 heteroatoms. The molecule has 29 heavy (non-hydrogen) atoms. The van der Waals surface area contributed by atoms with Gasteiger partial charge in [-0.3, -0.25) is 4.79 Å². The van der Waals surface area contributed by atoms with Crippen molar-refractivity contribution < 1.29 is 14.3 Å². The molecule has 2 aromatic rings. The molecule has 6 nitrogen and oxygen atoms in total. The molecule has 0 bridgehead atoms. The Morgan fingerprint density at radius 1 is 0.966 bits per heavy atom. The SMILES string of the molecule is Cc1cccc(NC(=O)c2ccc(N3CCN(C(=O)OC(C)(C)C)CC3)cc2)c1. The number of amides is 2. The lowest BCUT2D eigenvalue weighted by Gasteiger charge is -2.36. The van der Waals surface area contributed by atoms with Crippen LogP contribution in [0.25, 0.3) is 0 Å². The summed E-state index contributed by atoms with van der Waals surface area (Å²) in [5.41, 5.74) is 3.06. The Bertz CT molecular complexity index is 864. The lowest BCUT2D eigenvalue weighted by molar-refractivity contribution is 0.0240. The summed E-state index contributed by atoms with van der Waals surface area (Å²) in [6.07, 6.45) is -0.264. The van der Waals surface area contributed by atoms with Crippen LogP contribution < -0.4 is 10.2 Å². The summed E-state index contributed by atoms with van der Waals surface area (Å²) in [5.74, 6) is -0.128. The Morgan fingerprint density at radius 3 is 2.21 bits per heavy atom. The second-order valence-electron chi connectivity index (χ2n) is 8.32. The van der Waals surface area contributed by atoms with Gasteiger partial charge < -0.3 is 19.9 Å². The maximum atomic E-state index is 12.5. The van der Waals surface area contributed by atoms with Gasteiger partial charge >= 0.3 is 6.09 Å². The van der Waals surface area contributed by atoms with E-state index in [0.29, 0.717) is 18.7 Å². The van der Waals surface area contributed by atoms with Gasteiger partial charge in [0.05, 0.1) is 0 Å². The Hall–Kier alpha value is -3.02. The molecular weight excluding hydrogens is 366 g/mol. The molecule has 1 aliphatic heterocycles. The quantitative estimate of drug-likeness (QED) is 0.841. The van der Waals surface area contributed by atoms with Crippen LogP contribution in [-0.2, 0) is 4.74 Å². The molecule has 2 amide bonds. The van der Waals surface area contributed by atoms with Crippen molar-refractivity contribution in [2.75, 3.05) is 36.4 Å². The lowest BCUT2D eigenvalue weighted by atomic mass is 10.1. The molecule has 0 unspecified atom stereocenters. The normalized spacial score (nSPS) is 14.5. The van der Waals surface area contributed by atoms with Crippen LogP contribution in [-0.4, -0.2) is 48.7 Å². The average molecular weight is 396 g/mol. The van der Waals surface area contributed by atoms with Gasteiger partial charge in [0, 0.05) is 43.1 Å². The summed E-state index contributed by atoms with van der Waals surface area (Å²) < 4.78 is 5.44. The van der Waals surface area contributed by atoms with Crippen LogP contribution in [0, 0.1) is 6.92 Å². The van der Waals surface area contributed by atoms with Crippen LogP contribution in [0.1, 0.15) is 36.7 Å². The molecule has 1 saturated heterocycles. The standard InChI is InChI=1S/C23H29N3O3/c1-17-6-5-7-19(16-17)24-21(27)18-8-10-20(11-9-18)25-12-14-26(15-13-25)22(28)29-23(2,3)4/h5-11,16H,12-15H2,1-4H3,(H,24,27). The first-order valence-corrected chi connectivity index (χ1v) is 9.92. The third-order valence-corrected chi connectivity index (χ3v) is 4.70. The van der Waals surface area contributed by atoms with E-state index in [0.717, 1.165) is 30.0 Å². The molecule has 154 valence electrons. The number of nitrogens with zero attached hydrogens (tertiary/aromatic N) is 2. The largest absolute Gasteiger partial charge is 0.444 e. The molecule has 1 N–H and O–H groups in total. The van der Waals surface area contributed by atoms with Crippen LogP contribution in [0.3, 0.4) is 0 Å². The molecule has 1 fully saturated rings. The predicted molar refractivity (Wildman–Crippen MR) is 116 cm³/mol. The van der Waals surface area contributed by atoms with Gasteiger partial charge in [-0.1, -0.05) is 12.1 Å². The zero-order chi connectivity index (χ0) is 21.0. The highest BCUT2D eigenvalue weighted by molar-refractivity contribution is 6.04. The molecule has 3 rings (SSSR count). The molecular formula is C23H29N3O3. The number of hydrogen-bond acceptors (Lipinski definition) is 4. The summed E-state index contributed by atoms with van der Waals surface area (Å²) >= 11 is 0. The highest BCUT2D eigenvalue weighted by Gasteiger charge is 2.26. The molecule has 1 heterocycles. The third-order valence-electron chi connectivity index (χ3n) is 4.70. The Balaban J connectivity index is 1.55. The molecule has 0 spiro atoms. The van der Waals surface area contributed by atoms with Gasteiger partial charge in [0.2, 0.25) is 0 Å². The van der Waals surface area contributed by atoms with Gasteiger partial charge in [-0.15, -0.1) is 0 Å². The van der Waals surface area contributed by atoms with Crippen molar-refractivity contribution in [3.8, 4) is 0 Å². The zero-order valence-corrected chi connectivity index (χ0v) is 17.6. The van der Waals surface area contributed by atoms with E-state index in [-0.39, 0.29) is 12.0 Å². The molecule has 0 saturated carbocycles. The minimum Gasteiger partial charge on any atom is -0.444 e. The predicted octanol–water partition coefficient (Wildman–Crippen LogP) is 4.30. The van der Waals surface area contributed by atoms with Crippen LogP contribution in [0.15, 0.2) is 48.5 Å². The minimum atomic E-state index is -0.483. The van der Waals surface area contributed by atoms with Crippen molar-refractivity contribution in [3.63, 3.8) is 0 Å². The summed E-state index contributed by atoms with van der Waals surface area (Å²) in [7, 11) is 0. The summed E-state index contributed by atoms with van der Waals surface area (Å²) in [6.45, 7) is 10.3. The van der Waals surface area contributed by atoms with Gasteiger partial charge in [0.1, 0.15) is 5.60 Å². The van der Waals surface area contributed by atoms with Crippen molar-refractivity contribution in [1.29, 1.82) is 0 Å². The smallest absolute Gasteiger partial charge is 0.410 e. The number of anilines is 2. The number of piperazine rings is 1. The van der Waals surface area contributed by atoms with E-state index in [2.05, 4.69) is 10.2 Å². The lowest BCUT2D eigenvalue weighted by Crippen LogP contribution is -2.50. The van der Waals surface area contributed by atoms with E-state index in [1.807, 2.05) is 76.2 Å². The Labute approximate surface area is 172 Å². The number of nitrogens with one attached hydrogen (secondary N) is 1. The first-order valence-electron chi connectivity index (χ1n) is 9.92. The van der Waals surface area contributed by atoms with Gasteiger partial charge in [-0.25, -0.2) is 4.79 Å². The molecule has 2 aromatic carbocycles. The maximum absolute atomic E-state index is 12.5. The third kappa shape index (κ3) is 5.73. The number of carbonyl (C=O) groups is 2. The van der Waals surface area contributed by atoms with Crippen molar-refractivity contribution >= 4 is 23.4 Å². The number of aryl methyl sites for hydroxylation is 1. The van der Waals surface area contributed by atoms with Gasteiger partial charge in [0.25, 0.3) is 5.91 Å². The Kier molecular flexibility index (Phi) is 6.11. The van der Waals surface area contributed by atoms with Gasteiger partial charge in [0.15, 0.2) is 0 Å². The fourth-order valence-electron chi connectivity index (χ4n) is 3.22. The number of ether oxygens (including phenoxy) is 1. The first-order chi connectivity index (χ1) is 13.7. The fourth-order valence-corrected chi connectivity index (χ4v) is 3.22. The van der Waals surface area contributed by atoms with Crippen LogP contribution in [0.4, 0.5) is 16.2 Å². The number of rotatable bonds is 3. The van der Waals surface area contributed by atoms with E-state index in [9.17, 15) is 9.59 Å². The molecule has 0 aromatic heterocycles. The minimum absolute atomic E-state index is 0.128. The monoisotopic (exact) mass is 395 g/mol. The molecule has 0 radical (unpaired) electrons. The second kappa shape index (κ2) is 8.55. The molecule has 0 aliphatic carbocycles. The maximum Gasteiger partial charge on any atom is 0.410 e. The average Bonchev–Trinajstić information content (AvgIpc) is 2.67. The van der Waals surface area contributed by atoms with E-state index in [4.69, 9.17) is 4.74 Å². The summed E-state index contributed by atoms with van der Waals surface area (Å²) in [6, 6.07) is 15.3. The highest BCUT2D eigenvalue weighted by Crippen LogP contribution is 2.20. The van der Waals surface area contributed by atoms with Gasteiger partial charge in [-0.2, -0.15) is 0 Å². The topological polar surface area (TPSA) is 61.9 Å². The van der Waals surface area contributed by atoms with Crippen molar-refractivity contribution in [1.82, 2.24) is 4.90 Å². The molecule has 0 atom stereocenters. The van der Waals surface area contributed by atoms with Crippen LogP contribution in [0.2, 0.25) is 0 Å². The van der Waals surface area contributed by atoms with Crippen molar-refractivity contribution in [2.45, 2.75) is 33.3 Å². The highest BCUT2D eigenvalue weighted by atomic mass is 16.6. The molecule has 1 aliphatic rings. The van der Waals surface area contributed by atoms with Crippen molar-refractivity contribution in [3.05, 3.63) is 59.7 Å². The number of hydrogen-bond donors (Lipinski definition) is 1. The summed E-state index contributed by atoms with van der Waals surface area (Å²) in [4.78, 5) is 28.6. The van der Waals surface area contributed by atoms with Crippen LogP contribution in [0.5, 0.6) is 0 Å². The van der Waals surface area contributed by atoms with Gasteiger partial charge in [-0.05, 0) is 69.7 Å². The van der Waals surface area contributed by atoms with Crippen molar-refractivity contribution in [2.24, 2.45) is 0 Å². The fraction of sp³-hybridized carbons (Fsp3) is 0.391. The van der Waals surface area contributed by atoms with Crippen LogP contribution >= 0.6 is 0 Å². The first kappa shape index (κ1) is 20.7. The zero-order valence-electron chi connectivity index (χ0n) is 17.6. The number of carbonyl (C=O) groups excluding carboxylic acids is 2. The summed E-state index contributed by atoms with van der Waals surface area (Å²) in [5, 5.41) is 2.92. The Morgan fingerprint density at radius 2 is 1.62 bits per heavy atom.